The number of nitrogens with two attached hydrogens (primary N) is 1. The van der Waals surface area contributed by atoms with Crippen molar-refractivity contribution >= 4 is 11.6 Å². The van der Waals surface area contributed by atoms with Crippen LogP contribution in [0.1, 0.15) is 29.7 Å². The molecule has 0 aliphatic carbocycles. The van der Waals surface area contributed by atoms with Crippen molar-refractivity contribution < 1.29 is 9.84 Å². The lowest BCUT2D eigenvalue weighted by atomic mass is 9.93. The molecule has 4 heteroatoms. The van der Waals surface area contributed by atoms with Crippen LogP contribution in [0.3, 0.4) is 0 Å². The summed E-state index contributed by atoms with van der Waals surface area (Å²) in [4.78, 5) is 0. The molecule has 0 aromatic heterocycles. The summed E-state index contributed by atoms with van der Waals surface area (Å²) in [6.45, 7) is 0. The molecule has 2 atom stereocenters. The zero-order valence-corrected chi connectivity index (χ0v) is 11.0. The molecule has 0 radical (unpaired) electrons. The highest BCUT2D eigenvalue weighted by Crippen LogP contribution is 2.41. The lowest BCUT2D eigenvalue weighted by Crippen LogP contribution is -2.24. The van der Waals surface area contributed by atoms with E-state index in [1.54, 1.807) is 24.3 Å². The molecule has 0 saturated carbocycles. The van der Waals surface area contributed by atoms with E-state index in [9.17, 15) is 5.11 Å². The molecule has 1 aliphatic heterocycles. The van der Waals surface area contributed by atoms with Gasteiger partial charge < -0.3 is 15.6 Å². The van der Waals surface area contributed by atoms with E-state index in [1.165, 1.54) is 0 Å². The van der Waals surface area contributed by atoms with Gasteiger partial charge in [0.15, 0.2) is 0 Å². The van der Waals surface area contributed by atoms with E-state index in [1.807, 2.05) is 18.2 Å². The van der Waals surface area contributed by atoms with E-state index in [0.29, 0.717) is 11.4 Å². The number of ether oxygens (including phenoxy) is 1. The minimum atomic E-state index is -0.143. The Hall–Kier alpha value is -1.71. The van der Waals surface area contributed by atoms with Gasteiger partial charge in [-0.25, -0.2) is 0 Å². The average Bonchev–Trinajstić information content (AvgIpc) is 2.39. The Balaban J connectivity index is 1.95. The van der Waals surface area contributed by atoms with Gasteiger partial charge in [0.05, 0.1) is 0 Å². The quantitative estimate of drug-likeness (QED) is 0.836. The summed E-state index contributed by atoms with van der Waals surface area (Å²) < 4.78 is 5.95. The lowest BCUT2D eigenvalue weighted by molar-refractivity contribution is 0.161. The Morgan fingerprint density at radius 1 is 1.21 bits per heavy atom. The molecule has 2 unspecified atom stereocenters. The summed E-state index contributed by atoms with van der Waals surface area (Å²) in [6, 6.07) is 12.4. The fourth-order valence-corrected chi connectivity index (χ4v) is 2.59. The maximum atomic E-state index is 9.54. The van der Waals surface area contributed by atoms with Crippen LogP contribution in [0, 0.1) is 0 Å². The molecule has 0 spiro atoms. The van der Waals surface area contributed by atoms with Crippen LogP contribution in [0.5, 0.6) is 11.5 Å². The Bertz CT molecular complexity index is 615. The normalized spacial score (nSPS) is 21.6. The van der Waals surface area contributed by atoms with Gasteiger partial charge in [-0.05, 0) is 35.9 Å². The Kier molecular flexibility index (Phi) is 3.09. The number of phenols is 1. The third kappa shape index (κ3) is 2.39. The van der Waals surface area contributed by atoms with Crippen molar-refractivity contribution in [1.82, 2.24) is 0 Å². The molecule has 2 aromatic carbocycles. The second-order valence-electron chi connectivity index (χ2n) is 4.73. The number of fused-ring (bicyclic) bond motifs is 1. The van der Waals surface area contributed by atoms with Crippen LogP contribution < -0.4 is 10.5 Å². The summed E-state index contributed by atoms with van der Waals surface area (Å²) in [6.07, 6.45) is 0.521. The highest BCUT2D eigenvalue weighted by molar-refractivity contribution is 6.30. The van der Waals surface area contributed by atoms with Gasteiger partial charge in [0.25, 0.3) is 0 Å². The molecule has 0 saturated heterocycles. The van der Waals surface area contributed by atoms with Crippen LogP contribution in [0.15, 0.2) is 42.5 Å². The first kappa shape index (κ1) is 12.3. The number of benzene rings is 2. The Morgan fingerprint density at radius 2 is 2.05 bits per heavy atom. The van der Waals surface area contributed by atoms with Crippen molar-refractivity contribution in [2.75, 3.05) is 0 Å². The number of aromatic hydroxyl groups is 1. The monoisotopic (exact) mass is 275 g/mol. The van der Waals surface area contributed by atoms with Crippen LogP contribution in [0.4, 0.5) is 0 Å². The second-order valence-corrected chi connectivity index (χ2v) is 5.16. The smallest absolute Gasteiger partial charge is 0.126 e. The van der Waals surface area contributed by atoms with E-state index in [2.05, 4.69) is 0 Å². The van der Waals surface area contributed by atoms with Crippen molar-refractivity contribution in [3.8, 4) is 11.5 Å². The molecular weight excluding hydrogens is 262 g/mol. The first-order valence-electron chi connectivity index (χ1n) is 6.14. The fraction of sp³-hybridized carbons (Fsp3) is 0.200. The van der Waals surface area contributed by atoms with E-state index in [4.69, 9.17) is 22.1 Å². The number of rotatable bonds is 1. The van der Waals surface area contributed by atoms with Crippen LogP contribution in [0.2, 0.25) is 5.02 Å². The summed E-state index contributed by atoms with van der Waals surface area (Å²) in [5.41, 5.74) is 8.04. The second kappa shape index (κ2) is 4.76. The molecule has 1 aliphatic rings. The van der Waals surface area contributed by atoms with Gasteiger partial charge in [0, 0.05) is 23.0 Å². The van der Waals surface area contributed by atoms with Crippen molar-refractivity contribution in [3.05, 3.63) is 58.6 Å². The summed E-state index contributed by atoms with van der Waals surface area (Å²) in [7, 11) is 0. The predicted octanol–water partition coefficient (Wildman–Crippen LogP) is 3.57. The summed E-state index contributed by atoms with van der Waals surface area (Å²) >= 11 is 5.97. The van der Waals surface area contributed by atoms with Crippen molar-refractivity contribution in [3.63, 3.8) is 0 Å². The van der Waals surface area contributed by atoms with Crippen LogP contribution in [-0.2, 0) is 0 Å². The van der Waals surface area contributed by atoms with Gasteiger partial charge in [-0.1, -0.05) is 23.7 Å². The highest BCUT2D eigenvalue weighted by Gasteiger charge is 2.27. The van der Waals surface area contributed by atoms with Gasteiger partial charge >= 0.3 is 0 Å². The molecule has 0 bridgehead atoms. The van der Waals surface area contributed by atoms with Crippen LogP contribution >= 0.6 is 11.6 Å². The first-order valence-corrected chi connectivity index (χ1v) is 6.52. The number of halogens is 1. The van der Waals surface area contributed by atoms with Gasteiger partial charge in [0.1, 0.15) is 17.6 Å². The molecule has 98 valence electrons. The molecule has 2 aromatic rings. The van der Waals surface area contributed by atoms with Crippen molar-refractivity contribution in [2.45, 2.75) is 18.6 Å². The molecule has 3 N–H and O–H groups in total. The average molecular weight is 276 g/mol. The minimum absolute atomic E-state index is 0.116. The Labute approximate surface area is 116 Å². The Morgan fingerprint density at radius 3 is 2.84 bits per heavy atom. The zero-order chi connectivity index (χ0) is 13.4. The summed E-state index contributed by atoms with van der Waals surface area (Å²) in [5.74, 6) is 0.994. The van der Waals surface area contributed by atoms with Gasteiger partial charge in [-0.15, -0.1) is 0 Å². The maximum absolute atomic E-state index is 9.54. The topological polar surface area (TPSA) is 55.5 Å². The number of hydrogen-bond acceptors (Lipinski definition) is 3. The van der Waals surface area contributed by atoms with E-state index in [0.717, 1.165) is 16.9 Å². The van der Waals surface area contributed by atoms with Crippen molar-refractivity contribution in [2.24, 2.45) is 5.73 Å². The predicted molar refractivity (Wildman–Crippen MR) is 74.5 cm³/mol. The third-order valence-electron chi connectivity index (χ3n) is 3.35. The van der Waals surface area contributed by atoms with Crippen molar-refractivity contribution in [1.29, 1.82) is 0 Å². The highest BCUT2D eigenvalue weighted by atomic mass is 35.5. The van der Waals surface area contributed by atoms with E-state index in [-0.39, 0.29) is 17.9 Å². The maximum Gasteiger partial charge on any atom is 0.126 e. The minimum Gasteiger partial charge on any atom is -0.508 e. The third-order valence-corrected chi connectivity index (χ3v) is 3.59. The van der Waals surface area contributed by atoms with Gasteiger partial charge in [-0.3, -0.25) is 0 Å². The molecule has 1 heterocycles. The number of hydrogen-bond donors (Lipinski definition) is 2. The molecule has 0 fully saturated rings. The zero-order valence-electron chi connectivity index (χ0n) is 10.2. The van der Waals surface area contributed by atoms with Gasteiger partial charge in [-0.2, -0.15) is 0 Å². The largest absolute Gasteiger partial charge is 0.508 e. The van der Waals surface area contributed by atoms with Crippen LogP contribution in [0.25, 0.3) is 0 Å². The molecule has 3 rings (SSSR count). The molecule has 0 amide bonds. The van der Waals surface area contributed by atoms with Gasteiger partial charge in [0.2, 0.25) is 0 Å². The standard InChI is InChI=1S/C15H14ClNO2/c16-10-4-5-14-12(7-10)13(17)8-15(19-14)9-2-1-3-11(18)6-9/h1-7,13,15,18H,8,17H2. The SMILES string of the molecule is NC1CC(c2cccc(O)c2)Oc2ccc(Cl)cc21. The number of phenolic OH excluding ortho intramolecular Hbond substituents is 1. The first-order chi connectivity index (χ1) is 9.13. The molecule has 19 heavy (non-hydrogen) atoms. The molecule has 3 nitrogen and oxygen atoms in total. The van der Waals surface area contributed by atoms with E-state index < -0.39 is 0 Å². The fourth-order valence-electron chi connectivity index (χ4n) is 2.40. The van der Waals surface area contributed by atoms with E-state index >= 15 is 0 Å². The van der Waals surface area contributed by atoms with Crippen LogP contribution in [-0.4, -0.2) is 5.11 Å². The molecular formula is C15H14ClNO2. The summed E-state index contributed by atoms with van der Waals surface area (Å²) in [5, 5.41) is 10.2. The lowest BCUT2D eigenvalue weighted by Gasteiger charge is -2.30.